The van der Waals surface area contributed by atoms with Crippen molar-refractivity contribution in [1.82, 2.24) is 4.90 Å². The summed E-state index contributed by atoms with van der Waals surface area (Å²) in [5.41, 5.74) is 5.49. The number of carbonyl (C=O) groups excluding carboxylic acids is 1. The zero-order valence-corrected chi connectivity index (χ0v) is 11.1. The lowest BCUT2D eigenvalue weighted by atomic mass is 9.86. The quantitative estimate of drug-likeness (QED) is 0.801. The Balaban J connectivity index is 2.49. The minimum absolute atomic E-state index is 0.187. The topological polar surface area (TPSA) is 46.3 Å². The van der Waals surface area contributed by atoms with Gasteiger partial charge in [-0.25, -0.2) is 0 Å². The highest BCUT2D eigenvalue weighted by Crippen LogP contribution is 2.27. The fourth-order valence-electron chi connectivity index (χ4n) is 2.47. The molecule has 0 aliphatic heterocycles. The zero-order valence-electron chi connectivity index (χ0n) is 11.1. The van der Waals surface area contributed by atoms with Crippen LogP contribution >= 0.6 is 0 Å². The summed E-state index contributed by atoms with van der Waals surface area (Å²) in [6.07, 6.45) is 5.29. The second-order valence-electron chi connectivity index (χ2n) is 6.10. The molecule has 0 bridgehead atoms. The first kappa shape index (κ1) is 13.5. The lowest BCUT2D eigenvalue weighted by Gasteiger charge is -2.35. The molecule has 1 aliphatic carbocycles. The first-order valence-corrected chi connectivity index (χ1v) is 6.34. The van der Waals surface area contributed by atoms with Crippen LogP contribution in [0, 0.1) is 5.92 Å². The summed E-state index contributed by atoms with van der Waals surface area (Å²) in [6.45, 7) is 6.09. The highest BCUT2D eigenvalue weighted by molar-refractivity contribution is 5.77. The molecule has 3 nitrogen and oxygen atoms in total. The number of rotatable bonds is 3. The van der Waals surface area contributed by atoms with Crippen molar-refractivity contribution in [2.45, 2.75) is 64.5 Å². The van der Waals surface area contributed by atoms with Crippen LogP contribution in [0.15, 0.2) is 0 Å². The van der Waals surface area contributed by atoms with E-state index in [9.17, 15) is 4.79 Å². The average molecular weight is 226 g/mol. The molecule has 0 heterocycles. The van der Waals surface area contributed by atoms with E-state index in [4.69, 9.17) is 5.73 Å². The van der Waals surface area contributed by atoms with Gasteiger partial charge in [-0.1, -0.05) is 19.8 Å². The molecule has 0 saturated heterocycles. The molecule has 2 N–H and O–H groups in total. The molecule has 1 amide bonds. The van der Waals surface area contributed by atoms with E-state index in [1.165, 1.54) is 12.8 Å². The van der Waals surface area contributed by atoms with Crippen LogP contribution in [0.4, 0.5) is 0 Å². The molecule has 0 spiro atoms. The maximum Gasteiger partial charge on any atom is 0.224 e. The Kier molecular flexibility index (Phi) is 4.36. The van der Waals surface area contributed by atoms with Crippen molar-refractivity contribution >= 4 is 5.91 Å². The predicted molar refractivity (Wildman–Crippen MR) is 67.1 cm³/mol. The van der Waals surface area contributed by atoms with E-state index < -0.39 is 5.54 Å². The standard InChI is InChI=1S/C13H26N2O/c1-10-6-5-7-11(8-10)15(4)12(16)9-13(2,3)14/h10-11H,5-9,14H2,1-4H3. The number of carbonyl (C=O) groups is 1. The van der Waals surface area contributed by atoms with Gasteiger partial charge in [-0.3, -0.25) is 4.79 Å². The second-order valence-corrected chi connectivity index (χ2v) is 6.10. The van der Waals surface area contributed by atoms with Crippen molar-refractivity contribution in [3.8, 4) is 0 Å². The summed E-state index contributed by atoms with van der Waals surface area (Å²) >= 11 is 0. The van der Waals surface area contributed by atoms with Crippen LogP contribution in [0.25, 0.3) is 0 Å². The smallest absolute Gasteiger partial charge is 0.224 e. The number of nitrogens with two attached hydrogens (primary N) is 1. The molecule has 0 aromatic carbocycles. The van der Waals surface area contributed by atoms with Gasteiger partial charge in [0, 0.05) is 25.0 Å². The van der Waals surface area contributed by atoms with Crippen LogP contribution in [0.5, 0.6) is 0 Å². The molecule has 2 atom stereocenters. The third-order valence-corrected chi connectivity index (χ3v) is 3.46. The Morgan fingerprint density at radius 3 is 2.56 bits per heavy atom. The zero-order chi connectivity index (χ0) is 12.3. The Hall–Kier alpha value is -0.570. The monoisotopic (exact) mass is 226 g/mol. The van der Waals surface area contributed by atoms with Crippen molar-refractivity contribution in [2.75, 3.05) is 7.05 Å². The van der Waals surface area contributed by atoms with Crippen LogP contribution < -0.4 is 5.73 Å². The van der Waals surface area contributed by atoms with E-state index in [0.717, 1.165) is 18.8 Å². The van der Waals surface area contributed by atoms with Crippen molar-refractivity contribution in [1.29, 1.82) is 0 Å². The van der Waals surface area contributed by atoms with Crippen LogP contribution in [-0.2, 0) is 4.79 Å². The number of hydrogen-bond donors (Lipinski definition) is 1. The second kappa shape index (κ2) is 5.17. The molecule has 3 heteroatoms. The molecule has 1 rings (SSSR count). The van der Waals surface area contributed by atoms with Gasteiger partial charge in [0.15, 0.2) is 0 Å². The summed E-state index contributed by atoms with van der Waals surface area (Å²) in [5.74, 6) is 0.937. The van der Waals surface area contributed by atoms with Crippen molar-refractivity contribution in [2.24, 2.45) is 11.7 Å². The van der Waals surface area contributed by atoms with E-state index >= 15 is 0 Å². The Morgan fingerprint density at radius 2 is 2.06 bits per heavy atom. The Bertz CT molecular complexity index is 245. The lowest BCUT2D eigenvalue weighted by Crippen LogP contribution is -2.44. The van der Waals surface area contributed by atoms with Gasteiger partial charge in [0.25, 0.3) is 0 Å². The summed E-state index contributed by atoms with van der Waals surface area (Å²) in [4.78, 5) is 13.9. The molecule has 0 aromatic heterocycles. The largest absolute Gasteiger partial charge is 0.343 e. The molecule has 16 heavy (non-hydrogen) atoms. The molecule has 1 aliphatic rings. The van der Waals surface area contributed by atoms with Gasteiger partial charge in [-0.05, 0) is 32.6 Å². The van der Waals surface area contributed by atoms with Gasteiger partial charge >= 0.3 is 0 Å². The molecular weight excluding hydrogens is 200 g/mol. The van der Waals surface area contributed by atoms with Gasteiger partial charge in [0.1, 0.15) is 0 Å². The van der Waals surface area contributed by atoms with E-state index in [0.29, 0.717) is 12.5 Å². The van der Waals surface area contributed by atoms with Crippen molar-refractivity contribution in [3.63, 3.8) is 0 Å². The SMILES string of the molecule is CC1CCCC(N(C)C(=O)CC(C)(C)N)C1. The van der Waals surface area contributed by atoms with Crippen LogP contribution in [0.1, 0.15) is 52.9 Å². The third kappa shape index (κ3) is 4.12. The minimum atomic E-state index is -0.397. The number of hydrogen-bond acceptors (Lipinski definition) is 2. The van der Waals surface area contributed by atoms with Gasteiger partial charge in [0.2, 0.25) is 5.91 Å². The third-order valence-electron chi connectivity index (χ3n) is 3.46. The Morgan fingerprint density at radius 1 is 1.44 bits per heavy atom. The molecular formula is C13H26N2O. The molecule has 0 aromatic rings. The van der Waals surface area contributed by atoms with Crippen LogP contribution in [0.2, 0.25) is 0 Å². The highest BCUT2D eigenvalue weighted by Gasteiger charge is 2.27. The van der Waals surface area contributed by atoms with E-state index in [-0.39, 0.29) is 5.91 Å². The van der Waals surface area contributed by atoms with Gasteiger partial charge in [0.05, 0.1) is 0 Å². The van der Waals surface area contributed by atoms with Crippen LogP contribution in [0.3, 0.4) is 0 Å². The first-order valence-electron chi connectivity index (χ1n) is 6.34. The maximum absolute atomic E-state index is 12.0. The molecule has 1 fully saturated rings. The van der Waals surface area contributed by atoms with Crippen LogP contribution in [-0.4, -0.2) is 29.4 Å². The predicted octanol–water partition coefficient (Wildman–Crippen LogP) is 2.15. The number of amides is 1. The van der Waals surface area contributed by atoms with Gasteiger partial charge < -0.3 is 10.6 Å². The summed E-state index contributed by atoms with van der Waals surface area (Å²) in [5, 5.41) is 0. The Labute approximate surface area is 99.4 Å². The van der Waals surface area contributed by atoms with Gasteiger partial charge in [-0.2, -0.15) is 0 Å². The van der Waals surface area contributed by atoms with Crippen molar-refractivity contribution < 1.29 is 4.79 Å². The van der Waals surface area contributed by atoms with E-state index in [1.54, 1.807) is 0 Å². The summed E-state index contributed by atoms with van der Waals surface area (Å²) in [7, 11) is 1.93. The fourth-order valence-corrected chi connectivity index (χ4v) is 2.47. The highest BCUT2D eigenvalue weighted by atomic mass is 16.2. The van der Waals surface area contributed by atoms with Gasteiger partial charge in [-0.15, -0.1) is 0 Å². The maximum atomic E-state index is 12.0. The normalized spacial score (nSPS) is 26.6. The molecule has 1 saturated carbocycles. The minimum Gasteiger partial charge on any atom is -0.343 e. The first-order chi connectivity index (χ1) is 7.29. The van der Waals surface area contributed by atoms with Crippen molar-refractivity contribution in [3.05, 3.63) is 0 Å². The number of nitrogens with zero attached hydrogens (tertiary/aromatic N) is 1. The van der Waals surface area contributed by atoms with E-state index in [2.05, 4.69) is 6.92 Å². The molecule has 0 radical (unpaired) electrons. The summed E-state index contributed by atoms with van der Waals surface area (Å²) < 4.78 is 0. The van der Waals surface area contributed by atoms with E-state index in [1.807, 2.05) is 25.8 Å². The molecule has 2 unspecified atom stereocenters. The average Bonchev–Trinajstić information content (AvgIpc) is 2.14. The summed E-state index contributed by atoms with van der Waals surface area (Å²) in [6, 6.07) is 0.429. The molecule has 94 valence electrons. The lowest BCUT2D eigenvalue weighted by molar-refractivity contribution is -0.133. The fraction of sp³-hybridized carbons (Fsp3) is 0.923.